The Kier molecular flexibility index (Phi) is 4.95. The first-order valence-electron chi connectivity index (χ1n) is 6.69. The van der Waals surface area contributed by atoms with Gasteiger partial charge in [-0.2, -0.15) is 0 Å². The molecule has 1 saturated heterocycles. The van der Waals surface area contributed by atoms with E-state index in [4.69, 9.17) is 10.3 Å². The highest BCUT2D eigenvalue weighted by molar-refractivity contribution is 5.94. The number of rotatable bonds is 6. The van der Waals surface area contributed by atoms with Crippen molar-refractivity contribution in [2.75, 3.05) is 33.2 Å². The second-order valence-corrected chi connectivity index (χ2v) is 5.02. The summed E-state index contributed by atoms with van der Waals surface area (Å²) in [5, 5.41) is 0. The summed E-state index contributed by atoms with van der Waals surface area (Å²) in [6, 6.07) is 1.64. The summed E-state index contributed by atoms with van der Waals surface area (Å²) in [6.45, 7) is 5.05. The molecule has 3 N–H and O–H groups in total. The van der Waals surface area contributed by atoms with Gasteiger partial charge < -0.3 is 9.32 Å². The minimum absolute atomic E-state index is 0.309. The van der Waals surface area contributed by atoms with Crippen molar-refractivity contribution in [3.8, 4) is 0 Å². The van der Waals surface area contributed by atoms with Gasteiger partial charge in [-0.25, -0.2) is 5.84 Å². The summed E-state index contributed by atoms with van der Waals surface area (Å²) < 4.78 is 5.36. The monoisotopic (exact) mass is 266 g/mol. The molecule has 0 aliphatic carbocycles. The number of likely N-dealkylation sites (tertiary alicyclic amines) is 1. The fraction of sp³-hybridized carbons (Fsp3) is 0.615. The summed E-state index contributed by atoms with van der Waals surface area (Å²) >= 11 is 0. The van der Waals surface area contributed by atoms with E-state index in [-0.39, 0.29) is 5.91 Å². The predicted octanol–water partition coefficient (Wildman–Crippen LogP) is 0.411. The number of furan rings is 1. The number of nitrogens with two attached hydrogens (primary N) is 1. The molecule has 0 atom stereocenters. The van der Waals surface area contributed by atoms with E-state index in [9.17, 15) is 4.79 Å². The van der Waals surface area contributed by atoms with E-state index in [1.54, 1.807) is 6.07 Å². The average Bonchev–Trinajstić information content (AvgIpc) is 3.06. The molecule has 1 aromatic rings. The van der Waals surface area contributed by atoms with Crippen LogP contribution in [-0.2, 0) is 6.54 Å². The predicted molar refractivity (Wildman–Crippen MR) is 72.4 cm³/mol. The van der Waals surface area contributed by atoms with Crippen LogP contribution in [0.3, 0.4) is 0 Å². The average molecular weight is 266 g/mol. The molecule has 1 aliphatic rings. The number of likely N-dealkylation sites (N-methyl/N-ethyl adjacent to an activating group) is 1. The van der Waals surface area contributed by atoms with Gasteiger partial charge in [-0.15, -0.1) is 0 Å². The van der Waals surface area contributed by atoms with E-state index in [0.717, 1.165) is 13.1 Å². The molecule has 1 fully saturated rings. The van der Waals surface area contributed by atoms with Crippen LogP contribution in [0.1, 0.15) is 29.0 Å². The van der Waals surface area contributed by atoms with Gasteiger partial charge in [-0.1, -0.05) is 0 Å². The third-order valence-electron chi connectivity index (χ3n) is 3.53. The van der Waals surface area contributed by atoms with Crippen molar-refractivity contribution in [2.24, 2.45) is 5.84 Å². The highest BCUT2D eigenvalue weighted by atomic mass is 16.3. The number of nitrogen functional groups attached to an aromatic ring is 1. The zero-order valence-corrected chi connectivity index (χ0v) is 11.4. The van der Waals surface area contributed by atoms with Crippen LogP contribution in [0.15, 0.2) is 16.7 Å². The lowest BCUT2D eigenvalue weighted by Crippen LogP contribution is -2.33. The molecular formula is C13H22N4O2. The van der Waals surface area contributed by atoms with Crippen molar-refractivity contribution in [3.63, 3.8) is 0 Å². The van der Waals surface area contributed by atoms with E-state index in [0.29, 0.717) is 17.9 Å². The number of carbonyl (C=O) groups excluding carboxylic acids is 1. The highest BCUT2D eigenvalue weighted by Crippen LogP contribution is 2.13. The maximum absolute atomic E-state index is 11.5. The fourth-order valence-electron chi connectivity index (χ4n) is 2.39. The Morgan fingerprint density at radius 1 is 1.53 bits per heavy atom. The summed E-state index contributed by atoms with van der Waals surface area (Å²) in [6.07, 6.45) is 4.14. The van der Waals surface area contributed by atoms with Crippen LogP contribution in [0.4, 0.5) is 0 Å². The summed E-state index contributed by atoms with van der Waals surface area (Å²) in [5.41, 5.74) is 2.64. The van der Waals surface area contributed by atoms with Crippen LogP contribution in [0.25, 0.3) is 0 Å². The van der Waals surface area contributed by atoms with Crippen molar-refractivity contribution < 1.29 is 9.21 Å². The number of amides is 1. The van der Waals surface area contributed by atoms with E-state index < -0.39 is 0 Å². The van der Waals surface area contributed by atoms with Crippen molar-refractivity contribution in [2.45, 2.75) is 19.4 Å². The van der Waals surface area contributed by atoms with Crippen LogP contribution in [0, 0.1) is 0 Å². The van der Waals surface area contributed by atoms with Gasteiger partial charge in [0.05, 0.1) is 18.4 Å². The standard InChI is InChI=1S/C13H22N4O2/c1-16(7-8-17-5-2-3-6-17)10-12-11(4-9-19-12)13(18)15-14/h4,9H,2-3,5-8,10,14H2,1H3,(H,15,18). The van der Waals surface area contributed by atoms with Gasteiger partial charge in [-0.05, 0) is 39.0 Å². The second-order valence-electron chi connectivity index (χ2n) is 5.02. The van der Waals surface area contributed by atoms with Crippen molar-refractivity contribution in [1.29, 1.82) is 0 Å². The first-order valence-corrected chi connectivity index (χ1v) is 6.69. The Morgan fingerprint density at radius 2 is 2.26 bits per heavy atom. The first kappa shape index (κ1) is 14.0. The number of nitrogens with one attached hydrogen (secondary N) is 1. The molecule has 19 heavy (non-hydrogen) atoms. The molecule has 2 heterocycles. The van der Waals surface area contributed by atoms with Crippen LogP contribution < -0.4 is 11.3 Å². The smallest absolute Gasteiger partial charge is 0.268 e. The number of hydrogen-bond donors (Lipinski definition) is 2. The largest absolute Gasteiger partial charge is 0.467 e. The van der Waals surface area contributed by atoms with Gasteiger partial charge in [0.1, 0.15) is 5.76 Å². The minimum atomic E-state index is -0.309. The zero-order valence-electron chi connectivity index (χ0n) is 11.4. The molecule has 1 aliphatic heterocycles. The molecule has 0 spiro atoms. The van der Waals surface area contributed by atoms with Crippen LogP contribution >= 0.6 is 0 Å². The third-order valence-corrected chi connectivity index (χ3v) is 3.53. The molecule has 1 amide bonds. The van der Waals surface area contributed by atoms with Crippen molar-refractivity contribution >= 4 is 5.91 Å². The molecular weight excluding hydrogens is 244 g/mol. The molecule has 2 rings (SSSR count). The zero-order chi connectivity index (χ0) is 13.7. The summed E-state index contributed by atoms with van der Waals surface area (Å²) in [5.74, 6) is 5.49. The van der Waals surface area contributed by atoms with Crippen molar-refractivity contribution in [1.82, 2.24) is 15.2 Å². The Balaban J connectivity index is 1.82. The molecule has 106 valence electrons. The summed E-state index contributed by atoms with van der Waals surface area (Å²) in [4.78, 5) is 16.1. The number of hydrogen-bond acceptors (Lipinski definition) is 5. The first-order chi connectivity index (χ1) is 9.20. The van der Waals surface area contributed by atoms with E-state index in [1.807, 2.05) is 7.05 Å². The third kappa shape index (κ3) is 3.79. The number of hydrazine groups is 1. The van der Waals surface area contributed by atoms with Gasteiger partial charge in [0, 0.05) is 13.1 Å². The van der Waals surface area contributed by atoms with Crippen LogP contribution in [0.5, 0.6) is 0 Å². The van der Waals surface area contributed by atoms with Gasteiger partial charge in [0.15, 0.2) is 0 Å². The molecule has 0 radical (unpaired) electrons. The van der Waals surface area contributed by atoms with E-state index >= 15 is 0 Å². The lowest BCUT2D eigenvalue weighted by molar-refractivity contribution is 0.0950. The molecule has 6 nitrogen and oxygen atoms in total. The fourth-order valence-corrected chi connectivity index (χ4v) is 2.39. The quantitative estimate of drug-likeness (QED) is 0.443. The normalized spacial score (nSPS) is 16.2. The number of carbonyl (C=O) groups is 1. The molecule has 0 unspecified atom stereocenters. The maximum Gasteiger partial charge on any atom is 0.268 e. The van der Waals surface area contributed by atoms with Gasteiger partial charge in [0.2, 0.25) is 0 Å². The Bertz CT molecular complexity index is 413. The Hall–Kier alpha value is -1.37. The molecule has 0 bridgehead atoms. The van der Waals surface area contributed by atoms with Gasteiger partial charge in [0.25, 0.3) is 5.91 Å². The molecule has 0 saturated carbocycles. The lowest BCUT2D eigenvalue weighted by Gasteiger charge is -2.20. The topological polar surface area (TPSA) is 74.7 Å². The Morgan fingerprint density at radius 3 is 2.95 bits per heavy atom. The molecule has 6 heteroatoms. The molecule has 0 aromatic carbocycles. The van der Waals surface area contributed by atoms with Crippen LogP contribution in [-0.4, -0.2) is 48.9 Å². The minimum Gasteiger partial charge on any atom is -0.467 e. The second kappa shape index (κ2) is 6.70. The van der Waals surface area contributed by atoms with Gasteiger partial charge >= 0.3 is 0 Å². The number of nitrogens with zero attached hydrogens (tertiary/aromatic N) is 2. The van der Waals surface area contributed by atoms with Crippen molar-refractivity contribution in [3.05, 3.63) is 23.7 Å². The van der Waals surface area contributed by atoms with Gasteiger partial charge in [-0.3, -0.25) is 15.1 Å². The van der Waals surface area contributed by atoms with Crippen LogP contribution in [0.2, 0.25) is 0 Å². The molecule has 1 aromatic heterocycles. The van der Waals surface area contributed by atoms with E-state index in [2.05, 4.69) is 15.2 Å². The lowest BCUT2D eigenvalue weighted by atomic mass is 10.2. The Labute approximate surface area is 113 Å². The SMILES string of the molecule is CN(CCN1CCCC1)Cc1occc1C(=O)NN. The van der Waals surface area contributed by atoms with E-state index in [1.165, 1.54) is 32.2 Å². The highest BCUT2D eigenvalue weighted by Gasteiger charge is 2.16. The summed E-state index contributed by atoms with van der Waals surface area (Å²) in [7, 11) is 2.03. The maximum atomic E-state index is 11.5.